The van der Waals surface area contributed by atoms with Crippen molar-refractivity contribution in [1.29, 1.82) is 0 Å². The van der Waals surface area contributed by atoms with Crippen molar-refractivity contribution in [2.45, 2.75) is 56.5 Å². The second-order valence-electron chi connectivity index (χ2n) is 5.34. The Labute approximate surface area is 120 Å². The van der Waals surface area contributed by atoms with Gasteiger partial charge < -0.3 is 5.11 Å². The molecule has 0 aromatic carbocycles. The minimum atomic E-state index is -3.52. The minimum Gasteiger partial charge on any atom is -0.394 e. The van der Waals surface area contributed by atoms with Gasteiger partial charge in [0.2, 0.25) is 10.0 Å². The number of nitrogens with zero attached hydrogens (tertiary/aromatic N) is 2. The molecule has 1 fully saturated rings. The van der Waals surface area contributed by atoms with E-state index in [2.05, 4.69) is 16.7 Å². The van der Waals surface area contributed by atoms with Gasteiger partial charge in [0.05, 0.1) is 19.3 Å². The van der Waals surface area contributed by atoms with Crippen LogP contribution in [0.25, 0.3) is 0 Å². The van der Waals surface area contributed by atoms with E-state index >= 15 is 0 Å². The van der Waals surface area contributed by atoms with Crippen molar-refractivity contribution < 1.29 is 13.5 Å². The summed E-state index contributed by atoms with van der Waals surface area (Å²) >= 11 is 0. The van der Waals surface area contributed by atoms with Gasteiger partial charge in [0.1, 0.15) is 4.90 Å². The van der Waals surface area contributed by atoms with Gasteiger partial charge in [-0.3, -0.25) is 4.68 Å². The van der Waals surface area contributed by atoms with Gasteiger partial charge in [-0.2, -0.15) is 5.10 Å². The van der Waals surface area contributed by atoms with E-state index in [0.717, 1.165) is 25.7 Å². The molecule has 0 saturated heterocycles. The van der Waals surface area contributed by atoms with Gasteiger partial charge in [-0.15, -0.1) is 0 Å². The third kappa shape index (κ3) is 3.59. The molecule has 0 spiro atoms. The lowest BCUT2D eigenvalue weighted by atomic mass is 9.83. The Balaban J connectivity index is 2.09. The predicted octanol–water partition coefficient (Wildman–Crippen LogP) is 1.12. The average molecular weight is 301 g/mol. The summed E-state index contributed by atoms with van der Waals surface area (Å²) in [5.41, 5.74) is 0. The standard InChI is InChI=1S/C13H23N3O3S/c1-2-11-5-3-4-6-13(11)15-20(18,19)12-9-14-16(10-12)7-8-17/h9-11,13,15,17H,2-8H2,1H3. The summed E-state index contributed by atoms with van der Waals surface area (Å²) in [7, 11) is -3.52. The van der Waals surface area contributed by atoms with E-state index in [-0.39, 0.29) is 17.5 Å². The maximum Gasteiger partial charge on any atom is 0.243 e. The molecular formula is C13H23N3O3S. The molecule has 1 aromatic rings. The van der Waals surface area contributed by atoms with Crippen LogP contribution in [0, 0.1) is 5.92 Å². The van der Waals surface area contributed by atoms with Crippen LogP contribution in [0.3, 0.4) is 0 Å². The molecule has 1 aliphatic carbocycles. The molecule has 7 heteroatoms. The number of hydrogen-bond acceptors (Lipinski definition) is 4. The van der Waals surface area contributed by atoms with Crippen LogP contribution in [0.4, 0.5) is 0 Å². The second-order valence-corrected chi connectivity index (χ2v) is 7.06. The molecule has 1 aliphatic rings. The van der Waals surface area contributed by atoms with E-state index in [1.807, 2.05) is 0 Å². The Kier molecular flexibility index (Phi) is 5.17. The van der Waals surface area contributed by atoms with E-state index in [9.17, 15) is 8.42 Å². The first-order valence-corrected chi connectivity index (χ1v) is 8.70. The van der Waals surface area contributed by atoms with E-state index in [4.69, 9.17) is 5.11 Å². The summed E-state index contributed by atoms with van der Waals surface area (Å²) < 4.78 is 29.0. The molecule has 2 rings (SSSR count). The van der Waals surface area contributed by atoms with Crippen molar-refractivity contribution in [3.05, 3.63) is 12.4 Å². The zero-order valence-electron chi connectivity index (χ0n) is 11.8. The summed E-state index contributed by atoms with van der Waals surface area (Å²) in [5, 5.41) is 12.8. The summed E-state index contributed by atoms with van der Waals surface area (Å²) in [4.78, 5) is 0.173. The Morgan fingerprint density at radius 3 is 2.90 bits per heavy atom. The van der Waals surface area contributed by atoms with Crippen LogP contribution < -0.4 is 4.72 Å². The third-order valence-corrected chi connectivity index (χ3v) is 5.43. The van der Waals surface area contributed by atoms with Gasteiger partial charge in [-0.25, -0.2) is 13.1 Å². The lowest BCUT2D eigenvalue weighted by Gasteiger charge is -2.31. The van der Waals surface area contributed by atoms with Crippen LogP contribution in [0.15, 0.2) is 17.3 Å². The fourth-order valence-electron chi connectivity index (χ4n) is 2.83. The molecule has 1 heterocycles. The summed E-state index contributed by atoms with van der Waals surface area (Å²) in [6.07, 6.45) is 8.05. The minimum absolute atomic E-state index is 0.0277. The van der Waals surface area contributed by atoms with Crippen molar-refractivity contribution in [1.82, 2.24) is 14.5 Å². The highest BCUT2D eigenvalue weighted by molar-refractivity contribution is 7.89. The monoisotopic (exact) mass is 301 g/mol. The van der Waals surface area contributed by atoms with Crippen LogP contribution >= 0.6 is 0 Å². The summed E-state index contributed by atoms with van der Waals surface area (Å²) in [6.45, 7) is 2.35. The molecule has 6 nitrogen and oxygen atoms in total. The van der Waals surface area contributed by atoms with Gasteiger partial charge >= 0.3 is 0 Å². The number of nitrogens with one attached hydrogen (secondary N) is 1. The highest BCUT2D eigenvalue weighted by Gasteiger charge is 2.28. The van der Waals surface area contributed by atoms with Gasteiger partial charge in [-0.1, -0.05) is 26.2 Å². The summed E-state index contributed by atoms with van der Waals surface area (Å²) in [5.74, 6) is 0.422. The highest BCUT2D eigenvalue weighted by Crippen LogP contribution is 2.28. The predicted molar refractivity (Wildman–Crippen MR) is 75.7 cm³/mol. The first-order valence-electron chi connectivity index (χ1n) is 7.22. The highest BCUT2D eigenvalue weighted by atomic mass is 32.2. The molecule has 114 valence electrons. The first-order chi connectivity index (χ1) is 9.56. The van der Waals surface area contributed by atoms with Gasteiger partial charge in [0.25, 0.3) is 0 Å². The Morgan fingerprint density at radius 2 is 2.20 bits per heavy atom. The molecule has 20 heavy (non-hydrogen) atoms. The second kappa shape index (κ2) is 6.69. The number of sulfonamides is 1. The molecule has 1 aromatic heterocycles. The molecule has 2 atom stereocenters. The van der Waals surface area contributed by atoms with Crippen LogP contribution in [0.2, 0.25) is 0 Å². The fourth-order valence-corrected chi connectivity index (χ4v) is 4.12. The zero-order chi connectivity index (χ0) is 14.6. The quantitative estimate of drug-likeness (QED) is 0.825. The fraction of sp³-hybridized carbons (Fsp3) is 0.769. The van der Waals surface area contributed by atoms with E-state index in [1.54, 1.807) is 0 Å². The third-order valence-electron chi connectivity index (χ3n) is 3.99. The Morgan fingerprint density at radius 1 is 1.45 bits per heavy atom. The molecule has 0 bridgehead atoms. The maximum absolute atomic E-state index is 12.4. The molecule has 2 unspecified atom stereocenters. The zero-order valence-corrected chi connectivity index (χ0v) is 12.6. The van der Waals surface area contributed by atoms with Crippen LogP contribution in [0.5, 0.6) is 0 Å². The number of aliphatic hydroxyl groups is 1. The van der Waals surface area contributed by atoms with Crippen molar-refractivity contribution in [2.24, 2.45) is 5.92 Å². The molecule has 2 N–H and O–H groups in total. The normalized spacial score (nSPS) is 23.9. The number of aliphatic hydroxyl groups excluding tert-OH is 1. The topological polar surface area (TPSA) is 84.2 Å². The first kappa shape index (κ1) is 15.5. The van der Waals surface area contributed by atoms with E-state index < -0.39 is 10.0 Å². The van der Waals surface area contributed by atoms with Crippen molar-refractivity contribution in [3.63, 3.8) is 0 Å². The number of rotatable bonds is 6. The van der Waals surface area contributed by atoms with Gasteiger partial charge in [0, 0.05) is 12.2 Å². The van der Waals surface area contributed by atoms with Crippen molar-refractivity contribution in [3.8, 4) is 0 Å². The molecule has 0 aliphatic heterocycles. The lowest BCUT2D eigenvalue weighted by molar-refractivity contribution is 0.269. The van der Waals surface area contributed by atoms with E-state index in [0.29, 0.717) is 12.5 Å². The van der Waals surface area contributed by atoms with Crippen LogP contribution in [-0.2, 0) is 16.6 Å². The average Bonchev–Trinajstić information content (AvgIpc) is 2.89. The largest absolute Gasteiger partial charge is 0.394 e. The lowest BCUT2D eigenvalue weighted by Crippen LogP contribution is -2.41. The molecule has 1 saturated carbocycles. The smallest absolute Gasteiger partial charge is 0.243 e. The number of hydrogen-bond donors (Lipinski definition) is 2. The SMILES string of the molecule is CCC1CCCCC1NS(=O)(=O)c1cnn(CCO)c1. The Hall–Kier alpha value is -0.920. The Bertz CT molecular complexity index is 527. The molecule has 0 radical (unpaired) electrons. The molecule has 0 amide bonds. The van der Waals surface area contributed by atoms with E-state index in [1.165, 1.54) is 23.5 Å². The van der Waals surface area contributed by atoms with Crippen molar-refractivity contribution in [2.75, 3.05) is 6.61 Å². The van der Waals surface area contributed by atoms with Crippen LogP contribution in [0.1, 0.15) is 39.0 Å². The summed E-state index contributed by atoms with van der Waals surface area (Å²) in [6, 6.07) is 0.0277. The van der Waals surface area contributed by atoms with Crippen molar-refractivity contribution >= 4 is 10.0 Å². The van der Waals surface area contributed by atoms with Gasteiger partial charge in [-0.05, 0) is 18.8 Å². The maximum atomic E-state index is 12.4. The van der Waals surface area contributed by atoms with Crippen LogP contribution in [-0.4, -0.2) is 36.0 Å². The number of aromatic nitrogens is 2. The molecular weight excluding hydrogens is 278 g/mol. The van der Waals surface area contributed by atoms with Gasteiger partial charge in [0.15, 0.2) is 0 Å².